The molecule has 0 saturated carbocycles. The van der Waals surface area contributed by atoms with E-state index in [1.807, 2.05) is 0 Å². The zero-order valence-corrected chi connectivity index (χ0v) is 8.27. The predicted octanol–water partition coefficient (Wildman–Crippen LogP) is 0.633. The molecule has 1 rings (SSSR count). The maximum atomic E-state index is 10.5. The molecule has 0 heterocycles. The molecule has 72 valence electrons. The fourth-order valence-electron chi connectivity index (χ4n) is 0.820. The summed E-state index contributed by atoms with van der Waals surface area (Å²) in [6.45, 7) is 0.110. The van der Waals surface area contributed by atoms with E-state index in [-0.39, 0.29) is 6.54 Å². The van der Waals surface area contributed by atoms with Crippen LogP contribution in [-0.2, 0) is 16.8 Å². The molecular formula is C7H9ClN2O2S. The lowest BCUT2D eigenvalue weighted by Gasteiger charge is -2.03. The molecular weight excluding hydrogens is 212 g/mol. The summed E-state index contributed by atoms with van der Waals surface area (Å²) in [4.78, 5) is 0. The van der Waals surface area contributed by atoms with E-state index in [0.29, 0.717) is 10.6 Å². The largest absolute Gasteiger partial charge is 0.274 e. The van der Waals surface area contributed by atoms with Crippen molar-refractivity contribution in [2.45, 2.75) is 6.54 Å². The summed E-state index contributed by atoms with van der Waals surface area (Å²) in [6, 6.07) is 6.94. The second-order valence-electron chi connectivity index (χ2n) is 2.46. The van der Waals surface area contributed by atoms with Crippen molar-refractivity contribution in [2.24, 2.45) is 5.14 Å². The molecule has 4 nitrogen and oxygen atoms in total. The van der Waals surface area contributed by atoms with Crippen LogP contribution < -0.4 is 9.86 Å². The maximum Gasteiger partial charge on any atom is 0.274 e. The first-order valence-corrected chi connectivity index (χ1v) is 5.42. The maximum absolute atomic E-state index is 10.5. The van der Waals surface area contributed by atoms with Crippen LogP contribution in [0.5, 0.6) is 0 Å². The summed E-state index contributed by atoms with van der Waals surface area (Å²) < 4.78 is 23.2. The Morgan fingerprint density at radius 3 is 2.54 bits per heavy atom. The van der Waals surface area contributed by atoms with Crippen LogP contribution in [0.1, 0.15) is 5.56 Å². The molecule has 0 amide bonds. The SMILES string of the molecule is NS(=O)(=O)NCc1ccccc1Cl. The summed E-state index contributed by atoms with van der Waals surface area (Å²) in [7, 11) is -3.65. The van der Waals surface area contributed by atoms with Crippen molar-refractivity contribution in [1.29, 1.82) is 0 Å². The third-order valence-electron chi connectivity index (χ3n) is 1.42. The van der Waals surface area contributed by atoms with E-state index in [1.54, 1.807) is 24.3 Å². The number of hydrogen-bond acceptors (Lipinski definition) is 2. The van der Waals surface area contributed by atoms with Crippen molar-refractivity contribution < 1.29 is 8.42 Å². The van der Waals surface area contributed by atoms with Crippen LogP contribution in [0.4, 0.5) is 0 Å². The van der Waals surface area contributed by atoms with Crippen molar-refractivity contribution in [3.05, 3.63) is 34.9 Å². The minimum absolute atomic E-state index is 0.110. The molecule has 0 aromatic heterocycles. The van der Waals surface area contributed by atoms with E-state index in [2.05, 4.69) is 4.72 Å². The molecule has 0 aliphatic carbocycles. The predicted molar refractivity (Wildman–Crippen MR) is 51.4 cm³/mol. The Morgan fingerprint density at radius 1 is 1.38 bits per heavy atom. The van der Waals surface area contributed by atoms with Crippen molar-refractivity contribution in [3.63, 3.8) is 0 Å². The highest BCUT2D eigenvalue weighted by molar-refractivity contribution is 7.87. The number of rotatable bonds is 3. The van der Waals surface area contributed by atoms with Gasteiger partial charge in [0.25, 0.3) is 10.2 Å². The molecule has 0 spiro atoms. The van der Waals surface area contributed by atoms with Gasteiger partial charge in [-0.3, -0.25) is 0 Å². The Morgan fingerprint density at radius 2 is 2.00 bits per heavy atom. The monoisotopic (exact) mass is 220 g/mol. The Hall–Kier alpha value is -0.620. The van der Waals surface area contributed by atoms with Gasteiger partial charge in [-0.05, 0) is 11.6 Å². The summed E-state index contributed by atoms with van der Waals surface area (Å²) in [5, 5.41) is 5.26. The van der Waals surface area contributed by atoms with Gasteiger partial charge in [0, 0.05) is 11.6 Å². The smallest absolute Gasteiger partial charge is 0.216 e. The zero-order chi connectivity index (χ0) is 9.90. The lowest BCUT2D eigenvalue weighted by atomic mass is 10.2. The number of hydrogen-bond donors (Lipinski definition) is 2. The molecule has 1 aromatic rings. The van der Waals surface area contributed by atoms with Gasteiger partial charge in [0.05, 0.1) is 0 Å². The van der Waals surface area contributed by atoms with Crippen LogP contribution in [-0.4, -0.2) is 8.42 Å². The number of nitrogens with two attached hydrogens (primary N) is 1. The molecule has 0 aliphatic rings. The van der Waals surface area contributed by atoms with E-state index in [1.165, 1.54) is 0 Å². The first kappa shape index (κ1) is 10.5. The second-order valence-corrected chi connectivity index (χ2v) is 4.24. The van der Waals surface area contributed by atoms with Crippen molar-refractivity contribution in [1.82, 2.24) is 4.72 Å². The Labute approximate surface area is 81.9 Å². The highest BCUT2D eigenvalue weighted by Crippen LogP contribution is 2.14. The zero-order valence-electron chi connectivity index (χ0n) is 6.70. The molecule has 3 N–H and O–H groups in total. The van der Waals surface area contributed by atoms with Crippen molar-refractivity contribution >= 4 is 21.8 Å². The first-order valence-electron chi connectivity index (χ1n) is 3.50. The molecule has 1 aromatic carbocycles. The second kappa shape index (κ2) is 4.06. The summed E-state index contributed by atoms with van der Waals surface area (Å²) in [5.41, 5.74) is 0.693. The van der Waals surface area contributed by atoms with Crippen LogP contribution in [0.2, 0.25) is 5.02 Å². The highest BCUT2D eigenvalue weighted by atomic mass is 35.5. The average Bonchev–Trinajstić information content (AvgIpc) is 2.01. The average molecular weight is 221 g/mol. The van der Waals surface area contributed by atoms with Gasteiger partial charge in [0.15, 0.2) is 0 Å². The van der Waals surface area contributed by atoms with Crippen LogP contribution in [0.3, 0.4) is 0 Å². The normalized spacial score (nSPS) is 11.5. The number of halogens is 1. The van der Waals surface area contributed by atoms with E-state index < -0.39 is 10.2 Å². The van der Waals surface area contributed by atoms with Crippen molar-refractivity contribution in [2.75, 3.05) is 0 Å². The lowest BCUT2D eigenvalue weighted by molar-refractivity contribution is 0.583. The minimum atomic E-state index is -3.65. The lowest BCUT2D eigenvalue weighted by Crippen LogP contribution is -2.30. The van der Waals surface area contributed by atoms with E-state index in [0.717, 1.165) is 0 Å². The van der Waals surface area contributed by atoms with Crippen LogP contribution in [0.25, 0.3) is 0 Å². The Bertz CT molecular complexity index is 391. The molecule has 13 heavy (non-hydrogen) atoms. The van der Waals surface area contributed by atoms with E-state index >= 15 is 0 Å². The van der Waals surface area contributed by atoms with Gasteiger partial charge >= 0.3 is 0 Å². The third kappa shape index (κ3) is 3.73. The van der Waals surface area contributed by atoms with Gasteiger partial charge in [-0.15, -0.1) is 0 Å². The Kier molecular flexibility index (Phi) is 3.27. The first-order chi connectivity index (χ1) is 5.99. The molecule has 0 fully saturated rings. The van der Waals surface area contributed by atoms with Gasteiger partial charge in [-0.1, -0.05) is 29.8 Å². The number of nitrogens with one attached hydrogen (secondary N) is 1. The fourth-order valence-corrected chi connectivity index (χ4v) is 1.38. The topological polar surface area (TPSA) is 72.2 Å². The van der Waals surface area contributed by atoms with Crippen molar-refractivity contribution in [3.8, 4) is 0 Å². The number of benzene rings is 1. The van der Waals surface area contributed by atoms with E-state index in [9.17, 15) is 8.42 Å². The molecule has 0 aliphatic heterocycles. The molecule has 0 radical (unpaired) electrons. The van der Waals surface area contributed by atoms with Gasteiger partial charge in [-0.2, -0.15) is 13.1 Å². The highest BCUT2D eigenvalue weighted by Gasteiger charge is 2.03. The van der Waals surface area contributed by atoms with Crippen LogP contribution in [0, 0.1) is 0 Å². The van der Waals surface area contributed by atoms with E-state index in [4.69, 9.17) is 16.7 Å². The van der Waals surface area contributed by atoms with Crippen LogP contribution >= 0.6 is 11.6 Å². The molecule has 6 heteroatoms. The van der Waals surface area contributed by atoms with Crippen LogP contribution in [0.15, 0.2) is 24.3 Å². The molecule has 0 unspecified atom stereocenters. The standard InChI is InChI=1S/C7H9ClN2O2S/c8-7-4-2-1-3-6(7)5-10-13(9,11)12/h1-4,10H,5H2,(H2,9,11,12). The molecule has 0 atom stereocenters. The third-order valence-corrected chi connectivity index (χ3v) is 2.34. The summed E-state index contributed by atoms with van der Waals surface area (Å²) in [6.07, 6.45) is 0. The summed E-state index contributed by atoms with van der Waals surface area (Å²) >= 11 is 5.78. The quantitative estimate of drug-likeness (QED) is 0.785. The summed E-state index contributed by atoms with van der Waals surface area (Å²) in [5.74, 6) is 0. The molecule has 0 saturated heterocycles. The Balaban J connectivity index is 2.71. The fraction of sp³-hybridized carbons (Fsp3) is 0.143. The minimum Gasteiger partial charge on any atom is -0.216 e. The molecule has 0 bridgehead atoms. The van der Waals surface area contributed by atoms with Gasteiger partial charge < -0.3 is 0 Å². The van der Waals surface area contributed by atoms with Gasteiger partial charge in [-0.25, -0.2) is 5.14 Å². The van der Waals surface area contributed by atoms with Gasteiger partial charge in [0.2, 0.25) is 0 Å². The van der Waals surface area contributed by atoms with Gasteiger partial charge in [0.1, 0.15) is 0 Å².